The van der Waals surface area contributed by atoms with Gasteiger partial charge in [-0.15, -0.1) is 0 Å². The maximum Gasteiger partial charge on any atom is 0.122 e. The van der Waals surface area contributed by atoms with Gasteiger partial charge >= 0.3 is 0 Å². The van der Waals surface area contributed by atoms with Crippen molar-refractivity contribution in [1.82, 2.24) is 5.32 Å². The van der Waals surface area contributed by atoms with Crippen LogP contribution in [0, 0.1) is 0 Å². The van der Waals surface area contributed by atoms with E-state index in [9.17, 15) is 5.11 Å². The highest BCUT2D eigenvalue weighted by molar-refractivity contribution is 5.54. The molecule has 21 heavy (non-hydrogen) atoms. The third-order valence-electron chi connectivity index (χ3n) is 4.16. The van der Waals surface area contributed by atoms with Gasteiger partial charge in [-0.05, 0) is 32.9 Å². The molecule has 2 N–H and O–H groups in total. The Morgan fingerprint density at radius 1 is 1.29 bits per heavy atom. The number of hydrogen-bond acceptors (Lipinski definition) is 4. The molecule has 1 rings (SSSR count). The molecule has 0 saturated carbocycles. The van der Waals surface area contributed by atoms with E-state index in [0.717, 1.165) is 30.6 Å². The summed E-state index contributed by atoms with van der Waals surface area (Å²) in [5, 5.41) is 13.5. The standard InChI is InChI=1S/C17H30N2O2/c1-6-14(7-2)19(10-11-21-5)15-8-9-16(13(3)18-4)17(20)12-15/h8-9,12-14,18,20H,6-7,10-11H2,1-5H3. The smallest absolute Gasteiger partial charge is 0.122 e. The van der Waals surface area contributed by atoms with E-state index in [1.165, 1.54) is 0 Å². The van der Waals surface area contributed by atoms with Gasteiger partial charge in [0, 0.05) is 43.1 Å². The van der Waals surface area contributed by atoms with Crippen molar-refractivity contribution in [2.24, 2.45) is 0 Å². The number of nitrogens with one attached hydrogen (secondary N) is 1. The Kier molecular flexibility index (Phi) is 7.54. The molecule has 0 aliphatic rings. The van der Waals surface area contributed by atoms with Crippen molar-refractivity contribution >= 4 is 5.69 Å². The van der Waals surface area contributed by atoms with Crippen molar-refractivity contribution in [1.29, 1.82) is 0 Å². The molecule has 1 atom stereocenters. The molecule has 0 bridgehead atoms. The molecule has 0 aliphatic heterocycles. The first-order valence-corrected chi connectivity index (χ1v) is 7.84. The molecule has 4 nitrogen and oxygen atoms in total. The fraction of sp³-hybridized carbons (Fsp3) is 0.647. The Bertz CT molecular complexity index is 419. The summed E-state index contributed by atoms with van der Waals surface area (Å²) in [6.07, 6.45) is 2.16. The lowest BCUT2D eigenvalue weighted by atomic mass is 10.0. The van der Waals surface area contributed by atoms with Gasteiger partial charge in [-0.25, -0.2) is 0 Å². The predicted molar refractivity (Wildman–Crippen MR) is 89.2 cm³/mol. The van der Waals surface area contributed by atoms with Gasteiger partial charge in [0.2, 0.25) is 0 Å². The molecule has 0 aliphatic carbocycles. The molecule has 0 aromatic heterocycles. The van der Waals surface area contributed by atoms with Crippen molar-refractivity contribution in [3.63, 3.8) is 0 Å². The zero-order valence-electron chi connectivity index (χ0n) is 14.0. The molecule has 1 aromatic carbocycles. The number of benzene rings is 1. The number of phenols is 1. The topological polar surface area (TPSA) is 44.7 Å². The highest BCUT2D eigenvalue weighted by Gasteiger charge is 2.17. The maximum atomic E-state index is 10.3. The summed E-state index contributed by atoms with van der Waals surface area (Å²) in [6, 6.07) is 6.58. The van der Waals surface area contributed by atoms with Gasteiger partial charge in [-0.3, -0.25) is 0 Å². The van der Waals surface area contributed by atoms with Gasteiger partial charge in [-0.1, -0.05) is 19.9 Å². The zero-order valence-corrected chi connectivity index (χ0v) is 14.0. The lowest BCUT2D eigenvalue weighted by molar-refractivity contribution is 0.202. The fourth-order valence-electron chi connectivity index (χ4n) is 2.67. The van der Waals surface area contributed by atoms with Crippen LogP contribution in [0.2, 0.25) is 0 Å². The van der Waals surface area contributed by atoms with E-state index in [4.69, 9.17) is 4.74 Å². The van der Waals surface area contributed by atoms with Crippen LogP contribution in [-0.2, 0) is 4.74 Å². The second-order valence-electron chi connectivity index (χ2n) is 5.41. The molecule has 0 heterocycles. The molecule has 0 fully saturated rings. The van der Waals surface area contributed by atoms with Crippen LogP contribution >= 0.6 is 0 Å². The molecule has 0 radical (unpaired) electrons. The minimum Gasteiger partial charge on any atom is -0.508 e. The number of phenolic OH excluding ortho intramolecular Hbond substituents is 1. The first-order chi connectivity index (χ1) is 10.1. The Labute approximate surface area is 129 Å². The average molecular weight is 294 g/mol. The van der Waals surface area contributed by atoms with Gasteiger partial charge in [0.05, 0.1) is 6.61 Å². The van der Waals surface area contributed by atoms with E-state index in [-0.39, 0.29) is 6.04 Å². The zero-order chi connectivity index (χ0) is 15.8. The van der Waals surface area contributed by atoms with Crippen molar-refractivity contribution in [2.45, 2.75) is 45.7 Å². The summed E-state index contributed by atoms with van der Waals surface area (Å²) < 4.78 is 5.23. The number of ether oxygens (including phenoxy) is 1. The van der Waals surface area contributed by atoms with Crippen LogP contribution in [0.4, 0.5) is 5.69 Å². The largest absolute Gasteiger partial charge is 0.508 e. The number of hydrogen-bond donors (Lipinski definition) is 2. The third-order valence-corrected chi connectivity index (χ3v) is 4.16. The maximum absolute atomic E-state index is 10.3. The molecule has 1 aromatic rings. The van der Waals surface area contributed by atoms with Gasteiger partial charge in [0.25, 0.3) is 0 Å². The predicted octanol–water partition coefficient (Wildman–Crippen LogP) is 3.31. The number of nitrogens with zero attached hydrogens (tertiary/aromatic N) is 1. The minimum absolute atomic E-state index is 0.139. The van der Waals surface area contributed by atoms with Crippen molar-refractivity contribution < 1.29 is 9.84 Å². The first-order valence-electron chi connectivity index (χ1n) is 7.84. The van der Waals surface area contributed by atoms with E-state index in [2.05, 4.69) is 30.1 Å². The van der Waals surface area contributed by atoms with E-state index in [1.54, 1.807) is 7.11 Å². The van der Waals surface area contributed by atoms with Crippen LogP contribution in [-0.4, -0.2) is 38.5 Å². The SMILES string of the molecule is CCC(CC)N(CCOC)c1ccc(C(C)NC)c(O)c1. The van der Waals surface area contributed by atoms with Crippen LogP contribution < -0.4 is 10.2 Å². The van der Waals surface area contributed by atoms with E-state index in [1.807, 2.05) is 26.1 Å². The second kappa shape index (κ2) is 8.90. The summed E-state index contributed by atoms with van der Waals surface area (Å²) in [5.41, 5.74) is 1.99. The lowest BCUT2D eigenvalue weighted by Gasteiger charge is -2.33. The summed E-state index contributed by atoms with van der Waals surface area (Å²) in [6.45, 7) is 7.96. The average Bonchev–Trinajstić information content (AvgIpc) is 2.50. The highest BCUT2D eigenvalue weighted by atomic mass is 16.5. The molecule has 4 heteroatoms. The highest BCUT2D eigenvalue weighted by Crippen LogP contribution is 2.30. The van der Waals surface area contributed by atoms with Crippen LogP contribution in [0.3, 0.4) is 0 Å². The fourth-order valence-corrected chi connectivity index (χ4v) is 2.67. The quantitative estimate of drug-likeness (QED) is 0.733. The Hall–Kier alpha value is -1.26. The molecule has 0 spiro atoms. The number of rotatable bonds is 9. The summed E-state index contributed by atoms with van der Waals surface area (Å²) in [7, 11) is 3.62. The van der Waals surface area contributed by atoms with E-state index in [0.29, 0.717) is 18.4 Å². The van der Waals surface area contributed by atoms with Crippen LogP contribution in [0.25, 0.3) is 0 Å². The normalized spacial score (nSPS) is 12.7. The summed E-state index contributed by atoms with van der Waals surface area (Å²) in [5.74, 6) is 0.350. The van der Waals surface area contributed by atoms with Crippen LogP contribution in [0.1, 0.15) is 45.2 Å². The van der Waals surface area contributed by atoms with Crippen molar-refractivity contribution in [3.05, 3.63) is 23.8 Å². The first kappa shape index (κ1) is 17.8. The summed E-state index contributed by atoms with van der Waals surface area (Å²) in [4.78, 5) is 2.33. The molecule has 0 saturated heterocycles. The number of aromatic hydroxyl groups is 1. The molecular formula is C17H30N2O2. The minimum atomic E-state index is 0.139. The van der Waals surface area contributed by atoms with E-state index >= 15 is 0 Å². The van der Waals surface area contributed by atoms with Gasteiger partial charge in [0.1, 0.15) is 5.75 Å². The van der Waals surface area contributed by atoms with Gasteiger partial charge in [-0.2, -0.15) is 0 Å². The van der Waals surface area contributed by atoms with Crippen molar-refractivity contribution in [2.75, 3.05) is 32.2 Å². The van der Waals surface area contributed by atoms with Crippen LogP contribution in [0.5, 0.6) is 5.75 Å². The second-order valence-corrected chi connectivity index (χ2v) is 5.41. The van der Waals surface area contributed by atoms with Gasteiger partial charge in [0.15, 0.2) is 0 Å². The van der Waals surface area contributed by atoms with Crippen molar-refractivity contribution in [3.8, 4) is 5.75 Å². The number of anilines is 1. The molecule has 1 unspecified atom stereocenters. The third kappa shape index (κ3) is 4.61. The van der Waals surface area contributed by atoms with Crippen LogP contribution in [0.15, 0.2) is 18.2 Å². The molecule has 0 amide bonds. The Morgan fingerprint density at radius 2 is 1.95 bits per heavy atom. The molecular weight excluding hydrogens is 264 g/mol. The van der Waals surface area contributed by atoms with E-state index < -0.39 is 0 Å². The van der Waals surface area contributed by atoms with Gasteiger partial charge < -0.3 is 20.1 Å². The molecule has 120 valence electrons. The Morgan fingerprint density at radius 3 is 2.43 bits per heavy atom. The number of methoxy groups -OCH3 is 1. The Balaban J connectivity index is 3.04. The lowest BCUT2D eigenvalue weighted by Crippen LogP contribution is -2.37. The monoisotopic (exact) mass is 294 g/mol. The summed E-state index contributed by atoms with van der Waals surface area (Å²) >= 11 is 0.